The Morgan fingerprint density at radius 3 is 2.76 bits per heavy atom. The van der Waals surface area contributed by atoms with E-state index in [9.17, 15) is 0 Å². The number of nitrogens with zero attached hydrogens (tertiary/aromatic N) is 1. The van der Waals surface area contributed by atoms with E-state index in [0.717, 1.165) is 23.3 Å². The standard InChI is InChI=1S/C16H24N2O3/c1-11(9-16(2,3)20-5)17-10-15-18-13-8-12(19-4)6-7-14(13)21-15/h6-8,11,17H,9-10H2,1-5H3/t11-/m1/s1. The van der Waals surface area contributed by atoms with Gasteiger partial charge >= 0.3 is 0 Å². The second-order valence-electron chi connectivity index (χ2n) is 5.89. The number of nitrogens with one attached hydrogen (secondary N) is 1. The molecular weight excluding hydrogens is 268 g/mol. The van der Waals surface area contributed by atoms with Crippen LogP contribution < -0.4 is 10.1 Å². The van der Waals surface area contributed by atoms with Crippen molar-refractivity contribution in [3.8, 4) is 5.75 Å². The number of rotatable bonds is 7. The molecule has 1 heterocycles. The van der Waals surface area contributed by atoms with Crippen molar-refractivity contribution in [3.05, 3.63) is 24.1 Å². The zero-order valence-electron chi connectivity index (χ0n) is 13.4. The van der Waals surface area contributed by atoms with Gasteiger partial charge in [-0.2, -0.15) is 0 Å². The molecule has 2 aromatic rings. The summed E-state index contributed by atoms with van der Waals surface area (Å²) in [4.78, 5) is 4.47. The second kappa shape index (κ2) is 6.45. The predicted octanol–water partition coefficient (Wildman–Crippen LogP) is 3.13. The lowest BCUT2D eigenvalue weighted by Crippen LogP contribution is -2.35. The highest BCUT2D eigenvalue weighted by Gasteiger charge is 2.20. The van der Waals surface area contributed by atoms with Crippen LogP contribution in [-0.4, -0.2) is 30.8 Å². The monoisotopic (exact) mass is 292 g/mol. The molecule has 1 atom stereocenters. The Hall–Kier alpha value is -1.59. The molecule has 1 aromatic carbocycles. The van der Waals surface area contributed by atoms with Gasteiger partial charge in [-0.25, -0.2) is 4.98 Å². The third-order valence-electron chi connectivity index (χ3n) is 3.59. The van der Waals surface area contributed by atoms with Gasteiger partial charge in [-0.3, -0.25) is 0 Å². The van der Waals surface area contributed by atoms with Crippen molar-refractivity contribution < 1.29 is 13.9 Å². The van der Waals surface area contributed by atoms with Gasteiger partial charge in [0, 0.05) is 19.2 Å². The van der Waals surface area contributed by atoms with Gasteiger partial charge in [-0.15, -0.1) is 0 Å². The lowest BCUT2D eigenvalue weighted by atomic mass is 10.00. The fraction of sp³-hybridized carbons (Fsp3) is 0.562. The third kappa shape index (κ3) is 4.19. The Balaban J connectivity index is 1.97. The number of benzene rings is 1. The minimum Gasteiger partial charge on any atom is -0.497 e. The van der Waals surface area contributed by atoms with Crippen LogP contribution in [0.3, 0.4) is 0 Å². The van der Waals surface area contributed by atoms with Crippen molar-refractivity contribution in [3.63, 3.8) is 0 Å². The Morgan fingerprint density at radius 2 is 2.10 bits per heavy atom. The Morgan fingerprint density at radius 1 is 1.33 bits per heavy atom. The first-order valence-corrected chi connectivity index (χ1v) is 7.15. The summed E-state index contributed by atoms with van der Waals surface area (Å²) in [6.07, 6.45) is 0.914. The molecule has 5 heteroatoms. The number of oxazole rings is 1. The van der Waals surface area contributed by atoms with E-state index < -0.39 is 0 Å². The van der Waals surface area contributed by atoms with Crippen LogP contribution in [0.4, 0.5) is 0 Å². The molecule has 0 aliphatic rings. The summed E-state index contributed by atoms with van der Waals surface area (Å²) in [5, 5.41) is 3.41. The number of hydrogen-bond donors (Lipinski definition) is 1. The fourth-order valence-corrected chi connectivity index (χ4v) is 2.31. The number of fused-ring (bicyclic) bond motifs is 1. The second-order valence-corrected chi connectivity index (χ2v) is 5.89. The molecule has 21 heavy (non-hydrogen) atoms. The molecule has 0 saturated heterocycles. The highest BCUT2D eigenvalue weighted by molar-refractivity contribution is 5.74. The molecular formula is C16H24N2O3. The summed E-state index contributed by atoms with van der Waals surface area (Å²) in [5.74, 6) is 1.46. The Bertz CT molecular complexity index is 592. The van der Waals surface area contributed by atoms with E-state index in [2.05, 4.69) is 31.1 Å². The SMILES string of the molecule is COc1ccc2oc(CN[C@H](C)CC(C)(C)OC)nc2c1. The van der Waals surface area contributed by atoms with Crippen LogP contribution in [0.1, 0.15) is 33.1 Å². The lowest BCUT2D eigenvalue weighted by Gasteiger charge is -2.26. The van der Waals surface area contributed by atoms with Crippen LogP contribution in [-0.2, 0) is 11.3 Å². The summed E-state index contributed by atoms with van der Waals surface area (Å²) < 4.78 is 16.3. The molecule has 0 bridgehead atoms. The predicted molar refractivity (Wildman–Crippen MR) is 82.6 cm³/mol. The number of hydrogen-bond acceptors (Lipinski definition) is 5. The smallest absolute Gasteiger partial charge is 0.209 e. The summed E-state index contributed by atoms with van der Waals surface area (Å²) >= 11 is 0. The van der Waals surface area contributed by atoms with Gasteiger partial charge in [0.05, 0.1) is 19.3 Å². The zero-order chi connectivity index (χ0) is 15.5. The molecule has 0 unspecified atom stereocenters. The average Bonchev–Trinajstić information content (AvgIpc) is 2.86. The van der Waals surface area contributed by atoms with Crippen LogP contribution in [0, 0.1) is 0 Å². The first kappa shape index (κ1) is 15.8. The quantitative estimate of drug-likeness (QED) is 0.849. The zero-order valence-corrected chi connectivity index (χ0v) is 13.4. The van der Waals surface area contributed by atoms with Crippen LogP contribution in [0.5, 0.6) is 5.75 Å². The van der Waals surface area contributed by atoms with Crippen LogP contribution in [0.2, 0.25) is 0 Å². The van der Waals surface area contributed by atoms with Gasteiger partial charge in [-0.1, -0.05) is 0 Å². The lowest BCUT2D eigenvalue weighted by molar-refractivity contribution is 0.00829. The van der Waals surface area contributed by atoms with E-state index >= 15 is 0 Å². The van der Waals surface area contributed by atoms with Crippen molar-refractivity contribution in [2.45, 2.75) is 45.4 Å². The molecule has 0 saturated carbocycles. The van der Waals surface area contributed by atoms with Crippen molar-refractivity contribution in [1.82, 2.24) is 10.3 Å². The Kier molecular flexibility index (Phi) is 4.85. The maximum absolute atomic E-state index is 5.71. The van der Waals surface area contributed by atoms with Crippen LogP contribution in [0.15, 0.2) is 22.6 Å². The topological polar surface area (TPSA) is 56.5 Å². The van der Waals surface area contributed by atoms with E-state index in [1.807, 2.05) is 18.2 Å². The summed E-state index contributed by atoms with van der Waals surface area (Å²) in [7, 11) is 3.38. The van der Waals surface area contributed by atoms with Gasteiger partial charge in [0.25, 0.3) is 0 Å². The molecule has 0 radical (unpaired) electrons. The van der Waals surface area contributed by atoms with Crippen molar-refractivity contribution in [2.24, 2.45) is 0 Å². The molecule has 2 rings (SSSR count). The molecule has 0 spiro atoms. The first-order valence-electron chi connectivity index (χ1n) is 7.15. The van der Waals surface area contributed by atoms with E-state index in [0.29, 0.717) is 18.5 Å². The van der Waals surface area contributed by atoms with Gasteiger partial charge in [0.2, 0.25) is 5.89 Å². The van der Waals surface area contributed by atoms with E-state index in [4.69, 9.17) is 13.9 Å². The van der Waals surface area contributed by atoms with Gasteiger partial charge in [-0.05, 0) is 39.3 Å². The summed E-state index contributed by atoms with van der Waals surface area (Å²) in [6, 6.07) is 5.93. The molecule has 0 aliphatic heterocycles. The highest BCUT2D eigenvalue weighted by Crippen LogP contribution is 2.21. The van der Waals surface area contributed by atoms with Gasteiger partial charge in [0.15, 0.2) is 5.58 Å². The summed E-state index contributed by atoms with van der Waals surface area (Å²) in [6.45, 7) is 6.89. The molecule has 1 aromatic heterocycles. The minimum absolute atomic E-state index is 0.138. The molecule has 0 amide bonds. The van der Waals surface area contributed by atoms with Crippen LogP contribution >= 0.6 is 0 Å². The van der Waals surface area contributed by atoms with Crippen molar-refractivity contribution in [1.29, 1.82) is 0 Å². The number of aromatic nitrogens is 1. The van der Waals surface area contributed by atoms with Crippen molar-refractivity contribution >= 4 is 11.1 Å². The minimum atomic E-state index is -0.138. The van der Waals surface area contributed by atoms with E-state index in [-0.39, 0.29) is 5.60 Å². The summed E-state index contributed by atoms with van der Waals surface area (Å²) in [5.41, 5.74) is 1.45. The largest absolute Gasteiger partial charge is 0.497 e. The fourth-order valence-electron chi connectivity index (χ4n) is 2.31. The molecule has 5 nitrogen and oxygen atoms in total. The maximum atomic E-state index is 5.71. The average molecular weight is 292 g/mol. The molecule has 0 aliphatic carbocycles. The Labute approximate surface area is 125 Å². The first-order chi connectivity index (χ1) is 9.93. The molecule has 1 N–H and O–H groups in total. The van der Waals surface area contributed by atoms with Gasteiger partial charge in [0.1, 0.15) is 11.3 Å². The number of methoxy groups -OCH3 is 2. The van der Waals surface area contributed by atoms with Gasteiger partial charge < -0.3 is 19.2 Å². The van der Waals surface area contributed by atoms with E-state index in [1.165, 1.54) is 0 Å². The third-order valence-corrected chi connectivity index (χ3v) is 3.59. The normalized spacial score (nSPS) is 13.6. The van der Waals surface area contributed by atoms with E-state index in [1.54, 1.807) is 14.2 Å². The number of ether oxygens (including phenoxy) is 2. The molecule has 116 valence electrons. The highest BCUT2D eigenvalue weighted by atomic mass is 16.5. The maximum Gasteiger partial charge on any atom is 0.209 e. The van der Waals surface area contributed by atoms with Crippen molar-refractivity contribution in [2.75, 3.05) is 14.2 Å². The molecule has 0 fully saturated rings. The van der Waals surface area contributed by atoms with Crippen LogP contribution in [0.25, 0.3) is 11.1 Å².